The first-order valence-corrected chi connectivity index (χ1v) is 14.2. The topological polar surface area (TPSA) is 108 Å². The summed E-state index contributed by atoms with van der Waals surface area (Å²) in [6, 6.07) is 22.4. The lowest BCUT2D eigenvalue weighted by atomic mass is 9.65. The number of amides is 3. The van der Waals surface area contributed by atoms with Gasteiger partial charge in [-0.2, -0.15) is 0 Å². The smallest absolute Gasteiger partial charge is 0.250 e. The molecule has 0 aromatic heterocycles. The molecular weight excluding hydrogens is 506 g/mol. The van der Waals surface area contributed by atoms with Crippen molar-refractivity contribution in [3.63, 3.8) is 0 Å². The molecule has 2 bridgehead atoms. The normalized spacial score (nSPS) is 28.6. The number of hydrogen-bond acceptors (Lipinski definition) is 5. The summed E-state index contributed by atoms with van der Waals surface area (Å²) >= 11 is 0. The number of likely N-dealkylation sites (tertiary alicyclic amines) is 1. The Labute approximate surface area is 233 Å². The lowest BCUT2D eigenvalue weighted by Crippen LogP contribution is -2.53. The zero-order chi connectivity index (χ0) is 27.9. The van der Waals surface area contributed by atoms with Gasteiger partial charge >= 0.3 is 0 Å². The number of ether oxygens (including phenoxy) is 1. The third-order valence-electron chi connectivity index (χ3n) is 9.10. The van der Waals surface area contributed by atoms with Crippen molar-refractivity contribution < 1.29 is 24.2 Å². The van der Waals surface area contributed by atoms with Crippen molar-refractivity contribution in [2.45, 2.75) is 56.4 Å². The molecule has 5 atom stereocenters. The zero-order valence-electron chi connectivity index (χ0n) is 22.6. The zero-order valence-corrected chi connectivity index (χ0v) is 22.6. The van der Waals surface area contributed by atoms with E-state index in [-0.39, 0.29) is 30.9 Å². The lowest BCUT2D eigenvalue weighted by Gasteiger charge is -2.34. The number of carbonyl (C=O) groups excluding carboxylic acids is 3. The SMILES string of the molecule is CC[C@]12CCC3(O1)C(C(=O)Nc1ccc4ccccc4c1)N(CCCO)C(=O)[C@@H]3[C@H]2C(=O)NCc1ccccc1. The van der Waals surface area contributed by atoms with E-state index in [4.69, 9.17) is 4.74 Å². The quantitative estimate of drug-likeness (QED) is 0.384. The van der Waals surface area contributed by atoms with Crippen molar-refractivity contribution in [1.29, 1.82) is 0 Å². The summed E-state index contributed by atoms with van der Waals surface area (Å²) in [5, 5.41) is 17.7. The van der Waals surface area contributed by atoms with Gasteiger partial charge in [-0.15, -0.1) is 0 Å². The number of rotatable bonds is 9. The van der Waals surface area contributed by atoms with Crippen molar-refractivity contribution in [1.82, 2.24) is 10.2 Å². The summed E-state index contributed by atoms with van der Waals surface area (Å²) in [4.78, 5) is 43.4. The molecule has 3 aliphatic rings. The first-order valence-electron chi connectivity index (χ1n) is 14.2. The number of hydrogen-bond donors (Lipinski definition) is 3. The van der Waals surface area contributed by atoms with Crippen LogP contribution in [0.2, 0.25) is 0 Å². The Kier molecular flexibility index (Phi) is 6.84. The molecule has 3 amide bonds. The second-order valence-corrected chi connectivity index (χ2v) is 11.2. The van der Waals surface area contributed by atoms with Gasteiger partial charge in [-0.05, 0) is 54.2 Å². The monoisotopic (exact) mass is 541 g/mol. The van der Waals surface area contributed by atoms with E-state index in [1.807, 2.05) is 79.7 Å². The van der Waals surface area contributed by atoms with Crippen LogP contribution in [-0.4, -0.2) is 58.1 Å². The fourth-order valence-electron chi connectivity index (χ4n) is 7.27. The van der Waals surface area contributed by atoms with Crippen molar-refractivity contribution in [2.75, 3.05) is 18.5 Å². The van der Waals surface area contributed by atoms with Crippen molar-refractivity contribution in [2.24, 2.45) is 11.8 Å². The molecule has 3 saturated heterocycles. The molecular formula is C32H35N3O5. The molecule has 3 N–H and O–H groups in total. The Morgan fingerprint density at radius 3 is 2.50 bits per heavy atom. The molecule has 0 saturated carbocycles. The second kappa shape index (κ2) is 10.3. The molecule has 2 unspecified atom stereocenters. The molecule has 3 aliphatic heterocycles. The van der Waals surface area contributed by atoms with Crippen molar-refractivity contribution in [3.05, 3.63) is 78.4 Å². The van der Waals surface area contributed by atoms with Crippen LogP contribution in [0, 0.1) is 11.8 Å². The molecule has 3 heterocycles. The summed E-state index contributed by atoms with van der Waals surface area (Å²) in [5.74, 6) is -2.26. The Balaban J connectivity index is 1.32. The number of fused-ring (bicyclic) bond motifs is 2. The van der Waals surface area contributed by atoms with Gasteiger partial charge in [-0.3, -0.25) is 14.4 Å². The molecule has 1 spiro atoms. The number of carbonyl (C=O) groups is 3. The minimum atomic E-state index is -1.10. The highest BCUT2D eigenvalue weighted by Crippen LogP contribution is 2.64. The Bertz CT molecular complexity index is 1440. The molecule has 40 heavy (non-hydrogen) atoms. The van der Waals surface area contributed by atoms with E-state index < -0.39 is 29.1 Å². The highest BCUT2D eigenvalue weighted by Gasteiger charge is 2.78. The third kappa shape index (κ3) is 4.17. The maximum absolute atomic E-state index is 14.1. The molecule has 6 rings (SSSR count). The van der Waals surface area contributed by atoms with E-state index in [0.29, 0.717) is 37.9 Å². The van der Waals surface area contributed by atoms with Gasteiger partial charge < -0.3 is 25.4 Å². The van der Waals surface area contributed by atoms with Crippen LogP contribution in [-0.2, 0) is 25.7 Å². The van der Waals surface area contributed by atoms with Crippen LogP contribution in [0.15, 0.2) is 72.8 Å². The summed E-state index contributed by atoms with van der Waals surface area (Å²) in [6.45, 7) is 2.44. The number of aliphatic hydroxyl groups is 1. The standard InChI is InChI=1S/C32H35N3O5/c1-2-31-15-16-32(40-31)26(25(31)28(37)33-20-21-9-4-3-5-10-21)30(39)35(17-8-18-36)27(32)29(38)34-24-14-13-22-11-6-7-12-23(22)19-24/h3-7,9-14,19,25-27,36H,2,8,15-18,20H2,1H3,(H,33,37)(H,34,38)/t25-,26-,27?,31+,32?/m0/s1. The molecule has 208 valence electrons. The molecule has 0 radical (unpaired) electrons. The summed E-state index contributed by atoms with van der Waals surface area (Å²) in [5.41, 5.74) is -0.299. The summed E-state index contributed by atoms with van der Waals surface area (Å²) < 4.78 is 6.78. The average Bonchev–Trinajstić information content (AvgIpc) is 3.58. The number of anilines is 1. The van der Waals surface area contributed by atoms with Crippen molar-refractivity contribution in [3.8, 4) is 0 Å². The van der Waals surface area contributed by atoms with Gasteiger partial charge in [0.25, 0.3) is 0 Å². The van der Waals surface area contributed by atoms with E-state index in [9.17, 15) is 19.5 Å². The van der Waals surface area contributed by atoms with Crippen LogP contribution in [0.4, 0.5) is 5.69 Å². The average molecular weight is 542 g/mol. The Morgan fingerprint density at radius 1 is 1.00 bits per heavy atom. The van der Waals surface area contributed by atoms with Crippen molar-refractivity contribution >= 4 is 34.2 Å². The maximum atomic E-state index is 14.1. The largest absolute Gasteiger partial charge is 0.396 e. The van der Waals surface area contributed by atoms with Crippen LogP contribution in [0.1, 0.15) is 38.2 Å². The highest BCUT2D eigenvalue weighted by molar-refractivity contribution is 6.04. The predicted octanol–water partition coefficient (Wildman–Crippen LogP) is 3.63. The van der Waals surface area contributed by atoms with E-state index in [0.717, 1.165) is 16.3 Å². The molecule has 8 heteroatoms. The van der Waals surface area contributed by atoms with Gasteiger partial charge in [0.2, 0.25) is 17.7 Å². The molecule has 8 nitrogen and oxygen atoms in total. The number of nitrogens with one attached hydrogen (secondary N) is 2. The van der Waals surface area contributed by atoms with Gasteiger partial charge in [-0.25, -0.2) is 0 Å². The lowest BCUT2D eigenvalue weighted by molar-refractivity contribution is -0.146. The minimum Gasteiger partial charge on any atom is -0.396 e. The van der Waals surface area contributed by atoms with E-state index in [1.54, 1.807) is 4.90 Å². The number of aliphatic hydroxyl groups excluding tert-OH is 1. The fraction of sp³-hybridized carbons (Fsp3) is 0.406. The number of benzene rings is 3. The molecule has 3 fully saturated rings. The van der Waals surface area contributed by atoms with Crippen LogP contribution in [0.3, 0.4) is 0 Å². The predicted molar refractivity (Wildman–Crippen MR) is 151 cm³/mol. The summed E-state index contributed by atoms with van der Waals surface area (Å²) in [7, 11) is 0. The van der Waals surface area contributed by atoms with E-state index >= 15 is 0 Å². The van der Waals surface area contributed by atoms with Crippen LogP contribution < -0.4 is 10.6 Å². The number of nitrogens with zero attached hydrogens (tertiary/aromatic N) is 1. The van der Waals surface area contributed by atoms with Gasteiger partial charge in [0, 0.05) is 25.4 Å². The second-order valence-electron chi connectivity index (χ2n) is 11.2. The first kappa shape index (κ1) is 26.5. The highest BCUT2D eigenvalue weighted by atomic mass is 16.5. The summed E-state index contributed by atoms with van der Waals surface area (Å²) in [6.07, 6.45) is 2.02. The third-order valence-corrected chi connectivity index (χ3v) is 9.10. The minimum absolute atomic E-state index is 0.110. The Hall–Kier alpha value is -3.75. The molecule has 3 aromatic carbocycles. The van der Waals surface area contributed by atoms with Crippen LogP contribution in [0.5, 0.6) is 0 Å². The molecule has 3 aromatic rings. The van der Waals surface area contributed by atoms with Gasteiger partial charge in [-0.1, -0.05) is 67.6 Å². The van der Waals surface area contributed by atoms with Crippen LogP contribution in [0.25, 0.3) is 10.8 Å². The first-order chi connectivity index (χ1) is 19.4. The van der Waals surface area contributed by atoms with E-state index in [2.05, 4.69) is 10.6 Å². The van der Waals surface area contributed by atoms with Gasteiger partial charge in [0.05, 0.1) is 17.4 Å². The van der Waals surface area contributed by atoms with E-state index in [1.165, 1.54) is 0 Å². The van der Waals surface area contributed by atoms with Gasteiger partial charge in [0.15, 0.2) is 0 Å². The fourth-order valence-corrected chi connectivity index (χ4v) is 7.27. The van der Waals surface area contributed by atoms with Crippen LogP contribution >= 0.6 is 0 Å². The van der Waals surface area contributed by atoms with Gasteiger partial charge in [0.1, 0.15) is 11.6 Å². The maximum Gasteiger partial charge on any atom is 0.250 e. The Morgan fingerprint density at radius 2 is 1.75 bits per heavy atom. The molecule has 0 aliphatic carbocycles.